The molecule has 142 valence electrons. The molecule has 0 aliphatic carbocycles. The van der Waals surface area contributed by atoms with Crippen LogP contribution in [-0.4, -0.2) is 88.7 Å². The quantitative estimate of drug-likeness (QED) is 0.478. The summed E-state index contributed by atoms with van der Waals surface area (Å²) in [5, 5.41) is 23.8. The maximum absolute atomic E-state index is 12.8. The third-order valence-electron chi connectivity index (χ3n) is 4.28. The molecule has 0 radical (unpaired) electrons. The van der Waals surface area contributed by atoms with Crippen LogP contribution in [0.5, 0.6) is 0 Å². The summed E-state index contributed by atoms with van der Waals surface area (Å²) in [6.07, 6.45) is -1.23. The highest BCUT2D eigenvalue weighted by Gasteiger charge is 2.40. The average Bonchev–Trinajstić information content (AvgIpc) is 2.56. The van der Waals surface area contributed by atoms with Crippen LogP contribution in [-0.2, 0) is 14.4 Å². The molecule has 0 aromatic carbocycles. The molecule has 1 rings (SSSR count). The molecule has 4 N–H and O–H groups in total. The van der Waals surface area contributed by atoms with Crippen LogP contribution in [0.15, 0.2) is 0 Å². The summed E-state index contributed by atoms with van der Waals surface area (Å²) >= 11 is 0. The van der Waals surface area contributed by atoms with Crippen LogP contribution in [0.3, 0.4) is 0 Å². The number of amides is 3. The van der Waals surface area contributed by atoms with E-state index in [2.05, 4.69) is 10.6 Å². The van der Waals surface area contributed by atoms with E-state index < -0.39 is 36.1 Å². The third-order valence-corrected chi connectivity index (χ3v) is 4.28. The first-order valence-corrected chi connectivity index (χ1v) is 8.08. The SMILES string of the molecule is CN[C@@H](C)C(=O)N[C@H](C(=O)N1CCN(C(=O)O)C[C@H]1C(=O)O)C(C)C. The van der Waals surface area contributed by atoms with Crippen molar-refractivity contribution in [3.63, 3.8) is 0 Å². The van der Waals surface area contributed by atoms with Gasteiger partial charge in [-0.3, -0.25) is 9.59 Å². The second-order valence-electron chi connectivity index (χ2n) is 6.35. The average molecular weight is 358 g/mol. The van der Waals surface area contributed by atoms with Gasteiger partial charge in [0.2, 0.25) is 11.8 Å². The third kappa shape index (κ3) is 5.05. The molecule has 1 heterocycles. The molecule has 0 unspecified atom stereocenters. The first-order valence-electron chi connectivity index (χ1n) is 8.08. The zero-order chi connectivity index (χ0) is 19.3. The van der Waals surface area contributed by atoms with Crippen molar-refractivity contribution >= 4 is 23.9 Å². The van der Waals surface area contributed by atoms with E-state index in [1.54, 1.807) is 27.8 Å². The predicted molar refractivity (Wildman–Crippen MR) is 88.0 cm³/mol. The van der Waals surface area contributed by atoms with E-state index in [-0.39, 0.29) is 31.5 Å². The molecule has 0 saturated carbocycles. The maximum Gasteiger partial charge on any atom is 0.407 e. The lowest BCUT2D eigenvalue weighted by atomic mass is 10.0. The number of hydrogen-bond acceptors (Lipinski definition) is 5. The number of aliphatic carboxylic acids is 1. The number of hydrogen-bond donors (Lipinski definition) is 4. The molecule has 1 aliphatic rings. The monoisotopic (exact) mass is 358 g/mol. The zero-order valence-electron chi connectivity index (χ0n) is 14.9. The van der Waals surface area contributed by atoms with Crippen LogP contribution in [0, 0.1) is 5.92 Å². The van der Waals surface area contributed by atoms with E-state index in [4.69, 9.17) is 5.11 Å². The molecule has 25 heavy (non-hydrogen) atoms. The molecule has 1 aliphatic heterocycles. The molecule has 0 bridgehead atoms. The number of nitrogens with zero attached hydrogens (tertiary/aromatic N) is 2. The van der Waals surface area contributed by atoms with Crippen molar-refractivity contribution in [3.8, 4) is 0 Å². The molecular formula is C15H26N4O6. The molecule has 10 nitrogen and oxygen atoms in total. The highest BCUT2D eigenvalue weighted by molar-refractivity contribution is 5.92. The Hall–Kier alpha value is -2.36. The van der Waals surface area contributed by atoms with E-state index in [1.165, 1.54) is 0 Å². The Kier molecular flexibility index (Phi) is 7.16. The highest BCUT2D eigenvalue weighted by atomic mass is 16.4. The molecule has 10 heteroatoms. The van der Waals surface area contributed by atoms with Gasteiger partial charge in [-0.1, -0.05) is 13.8 Å². The minimum atomic E-state index is -1.28. The molecule has 3 amide bonds. The van der Waals surface area contributed by atoms with Crippen LogP contribution < -0.4 is 10.6 Å². The van der Waals surface area contributed by atoms with Crippen molar-refractivity contribution in [1.29, 1.82) is 0 Å². The Morgan fingerprint density at radius 2 is 1.68 bits per heavy atom. The summed E-state index contributed by atoms with van der Waals surface area (Å²) < 4.78 is 0. The molecule has 0 spiro atoms. The first-order chi connectivity index (χ1) is 11.6. The van der Waals surface area contributed by atoms with Crippen molar-refractivity contribution in [2.75, 3.05) is 26.7 Å². The second-order valence-corrected chi connectivity index (χ2v) is 6.35. The van der Waals surface area contributed by atoms with Gasteiger partial charge in [0.05, 0.1) is 12.6 Å². The van der Waals surface area contributed by atoms with Gasteiger partial charge in [0.25, 0.3) is 0 Å². The van der Waals surface area contributed by atoms with Gasteiger partial charge in [0, 0.05) is 13.1 Å². The van der Waals surface area contributed by atoms with Gasteiger partial charge in [-0.15, -0.1) is 0 Å². The minimum absolute atomic E-state index is 0.0243. The van der Waals surface area contributed by atoms with Crippen LogP contribution in [0.1, 0.15) is 20.8 Å². The summed E-state index contributed by atoms with van der Waals surface area (Å²) in [5.74, 6) is -2.43. The summed E-state index contributed by atoms with van der Waals surface area (Å²) in [4.78, 5) is 49.6. The summed E-state index contributed by atoms with van der Waals surface area (Å²) in [6, 6.07) is -2.67. The standard InChI is InChI=1S/C15H26N4O6/c1-8(2)11(17-12(20)9(3)16-4)13(21)19-6-5-18(15(24)25)7-10(19)14(22)23/h8-11,16H,5-7H2,1-4H3,(H,17,20)(H,22,23)(H,24,25)/t9-,10-,11-/m0/s1. The Morgan fingerprint density at radius 3 is 2.12 bits per heavy atom. The van der Waals surface area contributed by atoms with Crippen LogP contribution in [0.25, 0.3) is 0 Å². The summed E-state index contributed by atoms with van der Waals surface area (Å²) in [6.45, 7) is 4.82. The molecule has 0 aromatic rings. The lowest BCUT2D eigenvalue weighted by molar-refractivity contribution is -0.155. The number of likely N-dealkylation sites (N-methyl/N-ethyl adjacent to an activating group) is 1. The fraction of sp³-hybridized carbons (Fsp3) is 0.733. The number of carbonyl (C=O) groups excluding carboxylic acids is 2. The minimum Gasteiger partial charge on any atom is -0.480 e. The van der Waals surface area contributed by atoms with Crippen molar-refractivity contribution < 1.29 is 29.4 Å². The van der Waals surface area contributed by atoms with Crippen LogP contribution >= 0.6 is 0 Å². The Balaban J connectivity index is 2.97. The Labute approximate surface area is 146 Å². The largest absolute Gasteiger partial charge is 0.480 e. The molecule has 1 fully saturated rings. The Bertz CT molecular complexity index is 538. The normalized spacial score (nSPS) is 20.1. The molecular weight excluding hydrogens is 332 g/mol. The Morgan fingerprint density at radius 1 is 1.08 bits per heavy atom. The zero-order valence-corrected chi connectivity index (χ0v) is 14.9. The number of nitrogens with one attached hydrogen (secondary N) is 2. The smallest absolute Gasteiger partial charge is 0.407 e. The van der Waals surface area contributed by atoms with Crippen molar-refractivity contribution in [2.45, 2.75) is 38.9 Å². The number of carboxylic acid groups (broad SMARTS) is 2. The number of carboxylic acids is 1. The van der Waals surface area contributed by atoms with E-state index in [0.717, 1.165) is 9.80 Å². The fourth-order valence-corrected chi connectivity index (χ4v) is 2.53. The highest BCUT2D eigenvalue weighted by Crippen LogP contribution is 2.15. The fourth-order valence-electron chi connectivity index (χ4n) is 2.53. The first kappa shape index (κ1) is 20.7. The van der Waals surface area contributed by atoms with Crippen molar-refractivity contribution in [3.05, 3.63) is 0 Å². The maximum atomic E-state index is 12.8. The molecule has 1 saturated heterocycles. The van der Waals surface area contributed by atoms with Gasteiger partial charge in [-0.25, -0.2) is 9.59 Å². The van der Waals surface area contributed by atoms with Gasteiger partial charge in [0.15, 0.2) is 0 Å². The molecule has 3 atom stereocenters. The van der Waals surface area contributed by atoms with Crippen molar-refractivity contribution in [1.82, 2.24) is 20.4 Å². The predicted octanol–water partition coefficient (Wildman–Crippen LogP) is -0.989. The van der Waals surface area contributed by atoms with E-state index in [9.17, 15) is 24.3 Å². The van der Waals surface area contributed by atoms with Gasteiger partial charge in [-0.05, 0) is 19.9 Å². The number of piperazine rings is 1. The van der Waals surface area contributed by atoms with Gasteiger partial charge < -0.3 is 30.6 Å². The van der Waals surface area contributed by atoms with E-state index in [1.807, 2.05) is 0 Å². The van der Waals surface area contributed by atoms with E-state index in [0.29, 0.717) is 0 Å². The number of rotatable bonds is 6. The number of carbonyl (C=O) groups is 4. The van der Waals surface area contributed by atoms with Gasteiger partial charge in [-0.2, -0.15) is 0 Å². The van der Waals surface area contributed by atoms with Gasteiger partial charge in [0.1, 0.15) is 12.1 Å². The topological polar surface area (TPSA) is 139 Å². The van der Waals surface area contributed by atoms with E-state index >= 15 is 0 Å². The van der Waals surface area contributed by atoms with Gasteiger partial charge >= 0.3 is 12.1 Å². The summed E-state index contributed by atoms with van der Waals surface area (Å²) in [7, 11) is 1.61. The second kappa shape index (κ2) is 8.65. The lowest BCUT2D eigenvalue weighted by Gasteiger charge is -2.40. The lowest BCUT2D eigenvalue weighted by Crippen LogP contribution is -2.63. The van der Waals surface area contributed by atoms with Crippen molar-refractivity contribution in [2.24, 2.45) is 5.92 Å². The summed E-state index contributed by atoms with van der Waals surface area (Å²) in [5.41, 5.74) is 0. The molecule has 0 aromatic heterocycles. The van der Waals surface area contributed by atoms with Crippen LogP contribution in [0.4, 0.5) is 4.79 Å². The van der Waals surface area contributed by atoms with Crippen LogP contribution in [0.2, 0.25) is 0 Å².